The molecular weight excluding hydrogens is 433 g/mol. The van der Waals surface area contributed by atoms with Crippen molar-refractivity contribution in [3.8, 4) is 17.0 Å². The predicted octanol–water partition coefficient (Wildman–Crippen LogP) is 5.21. The number of halogens is 1. The Morgan fingerprint density at radius 1 is 1.21 bits per heavy atom. The van der Waals surface area contributed by atoms with Crippen molar-refractivity contribution in [1.29, 1.82) is 0 Å². The molecule has 3 aromatic rings. The number of rotatable bonds is 3. The summed E-state index contributed by atoms with van der Waals surface area (Å²) in [7, 11) is 0. The van der Waals surface area contributed by atoms with Gasteiger partial charge in [0.1, 0.15) is 11.8 Å². The molecule has 5 rings (SSSR count). The van der Waals surface area contributed by atoms with E-state index < -0.39 is 11.8 Å². The summed E-state index contributed by atoms with van der Waals surface area (Å²) in [5, 5.41) is 2.93. The number of anilines is 3. The normalized spacial score (nSPS) is 18.9. The van der Waals surface area contributed by atoms with Crippen LogP contribution in [0.5, 0.6) is 5.75 Å². The molecule has 7 nitrogen and oxygen atoms in total. The highest BCUT2D eigenvalue weighted by Gasteiger charge is 2.36. The van der Waals surface area contributed by atoms with Gasteiger partial charge in [0.15, 0.2) is 11.6 Å². The first kappa shape index (κ1) is 22.1. The third-order valence-corrected chi connectivity index (χ3v) is 6.03. The first-order chi connectivity index (χ1) is 16.3. The summed E-state index contributed by atoms with van der Waals surface area (Å²) in [6, 6.07) is 13.2. The molecule has 1 aromatic carbocycles. The lowest BCUT2D eigenvalue weighted by Crippen LogP contribution is -2.51. The number of aromatic nitrogens is 2. The van der Waals surface area contributed by atoms with Gasteiger partial charge >= 0.3 is 6.03 Å². The van der Waals surface area contributed by atoms with Gasteiger partial charge in [-0.3, -0.25) is 9.88 Å². The zero-order valence-electron chi connectivity index (χ0n) is 19.6. The molecule has 1 saturated heterocycles. The third-order valence-electron chi connectivity index (χ3n) is 6.03. The average Bonchev–Trinajstić information content (AvgIpc) is 3.24. The number of nitrogens with one attached hydrogen (secondary N) is 1. The monoisotopic (exact) mass is 461 g/mol. The summed E-state index contributed by atoms with van der Waals surface area (Å²) in [5.41, 5.74) is 3.59. The Morgan fingerprint density at radius 2 is 2.06 bits per heavy atom. The summed E-state index contributed by atoms with van der Waals surface area (Å²) >= 11 is 0. The zero-order valence-corrected chi connectivity index (χ0v) is 19.6. The maximum absolute atomic E-state index is 13.7. The van der Waals surface area contributed by atoms with Gasteiger partial charge in [-0.2, -0.15) is 0 Å². The van der Waals surface area contributed by atoms with Crippen molar-refractivity contribution >= 4 is 23.2 Å². The molecule has 2 aliphatic rings. The van der Waals surface area contributed by atoms with Gasteiger partial charge in [0.2, 0.25) is 0 Å². The van der Waals surface area contributed by atoms with Crippen LogP contribution in [0, 0.1) is 6.92 Å². The van der Waals surface area contributed by atoms with Crippen LogP contribution in [0.1, 0.15) is 25.8 Å². The van der Waals surface area contributed by atoms with Crippen LogP contribution >= 0.6 is 0 Å². The summed E-state index contributed by atoms with van der Waals surface area (Å²) in [5.74, 6) is 1.01. The van der Waals surface area contributed by atoms with Gasteiger partial charge in [-0.15, -0.1) is 0 Å². The lowest BCUT2D eigenvalue weighted by molar-refractivity contribution is 0.106. The fraction of sp³-hybridized carbons (Fsp3) is 0.346. The smallest absolute Gasteiger partial charge is 0.327 e. The first-order valence-electron chi connectivity index (χ1n) is 11.5. The van der Waals surface area contributed by atoms with E-state index in [1.807, 2.05) is 68.1 Å². The summed E-state index contributed by atoms with van der Waals surface area (Å²) in [4.78, 5) is 25.9. The van der Waals surface area contributed by atoms with Crippen molar-refractivity contribution in [2.45, 2.75) is 39.0 Å². The second-order valence-corrected chi connectivity index (χ2v) is 9.53. The molecule has 0 unspecified atom stereocenters. The van der Waals surface area contributed by atoms with E-state index in [0.717, 1.165) is 22.5 Å². The number of urea groups is 1. The number of ether oxygens (including phenoxy) is 1. The van der Waals surface area contributed by atoms with Crippen LogP contribution in [0.15, 0.2) is 54.9 Å². The fourth-order valence-electron chi connectivity index (χ4n) is 4.45. The topological polar surface area (TPSA) is 70.6 Å². The highest BCUT2D eigenvalue weighted by molar-refractivity contribution is 6.02. The molecule has 2 aromatic heterocycles. The largest absolute Gasteiger partial charge is 0.482 e. The SMILES string of the molecule is Cc1cncc(NC(=O)N2CC(C)(C)Oc3ccc(-c4cccc(N5CC[C@@H](F)C5)c4)nc32)c1. The molecule has 0 aliphatic carbocycles. The Hall–Kier alpha value is -3.68. The molecule has 176 valence electrons. The molecule has 1 N–H and O–H groups in total. The van der Waals surface area contributed by atoms with E-state index in [2.05, 4.69) is 10.3 Å². The van der Waals surface area contributed by atoms with E-state index in [9.17, 15) is 9.18 Å². The van der Waals surface area contributed by atoms with Crippen LogP contribution in [-0.2, 0) is 0 Å². The molecule has 2 aliphatic heterocycles. The van der Waals surface area contributed by atoms with Gasteiger partial charge < -0.3 is 15.0 Å². The highest BCUT2D eigenvalue weighted by Crippen LogP contribution is 2.38. The van der Waals surface area contributed by atoms with Gasteiger partial charge in [0, 0.05) is 30.5 Å². The fourth-order valence-corrected chi connectivity index (χ4v) is 4.45. The molecule has 0 bridgehead atoms. The number of fused-ring (bicyclic) bond motifs is 1. The second kappa shape index (κ2) is 8.59. The van der Waals surface area contributed by atoms with E-state index in [1.54, 1.807) is 17.3 Å². The van der Waals surface area contributed by atoms with Gasteiger partial charge in [0.25, 0.3) is 0 Å². The van der Waals surface area contributed by atoms with Crippen molar-refractivity contribution < 1.29 is 13.9 Å². The number of hydrogen-bond donors (Lipinski definition) is 1. The van der Waals surface area contributed by atoms with Crippen LogP contribution in [0.2, 0.25) is 0 Å². The Kier molecular flexibility index (Phi) is 5.59. The number of carbonyl (C=O) groups is 1. The predicted molar refractivity (Wildman–Crippen MR) is 131 cm³/mol. The number of carbonyl (C=O) groups excluding carboxylic acids is 1. The van der Waals surface area contributed by atoms with Crippen molar-refractivity contribution in [3.63, 3.8) is 0 Å². The van der Waals surface area contributed by atoms with Crippen molar-refractivity contribution in [3.05, 3.63) is 60.4 Å². The standard InChI is InChI=1S/C26H28FN5O2/c1-17-11-20(14-28-13-17)29-25(33)32-16-26(2,3)34-23-8-7-22(30-24(23)32)18-5-4-6-21(12-18)31-10-9-19(27)15-31/h4-8,11-14,19H,9-10,15-16H2,1-3H3,(H,29,33)/t19-/m1/s1. The second-order valence-electron chi connectivity index (χ2n) is 9.53. The van der Waals surface area contributed by atoms with Crippen LogP contribution in [0.3, 0.4) is 0 Å². The lowest BCUT2D eigenvalue weighted by atomic mass is 10.1. The molecule has 1 atom stereocenters. The van der Waals surface area contributed by atoms with Gasteiger partial charge in [-0.25, -0.2) is 14.2 Å². The van der Waals surface area contributed by atoms with Gasteiger partial charge in [0.05, 0.1) is 24.1 Å². The maximum atomic E-state index is 13.7. The maximum Gasteiger partial charge on any atom is 0.327 e. The first-order valence-corrected chi connectivity index (χ1v) is 11.5. The third kappa shape index (κ3) is 4.53. The zero-order chi connectivity index (χ0) is 23.9. The Bertz CT molecular complexity index is 1230. The van der Waals surface area contributed by atoms with Crippen molar-refractivity contribution in [1.82, 2.24) is 9.97 Å². The Morgan fingerprint density at radius 3 is 2.82 bits per heavy atom. The van der Waals surface area contributed by atoms with E-state index in [0.29, 0.717) is 43.3 Å². The molecule has 0 spiro atoms. The number of benzene rings is 1. The summed E-state index contributed by atoms with van der Waals surface area (Å²) in [6.07, 6.45) is 3.12. The van der Waals surface area contributed by atoms with Crippen LogP contribution in [0.25, 0.3) is 11.3 Å². The van der Waals surface area contributed by atoms with Crippen LogP contribution < -0.4 is 19.9 Å². The van der Waals surface area contributed by atoms with E-state index in [1.165, 1.54) is 0 Å². The minimum absolute atomic E-state index is 0.297. The van der Waals surface area contributed by atoms with Gasteiger partial charge in [-0.1, -0.05) is 12.1 Å². The number of aryl methyl sites for hydroxylation is 1. The Balaban J connectivity index is 1.47. The number of alkyl halides is 1. The molecule has 34 heavy (non-hydrogen) atoms. The molecule has 4 heterocycles. The van der Waals surface area contributed by atoms with E-state index >= 15 is 0 Å². The molecule has 1 fully saturated rings. The molecule has 8 heteroatoms. The van der Waals surface area contributed by atoms with Crippen LogP contribution in [0.4, 0.5) is 26.4 Å². The quantitative estimate of drug-likeness (QED) is 0.580. The number of nitrogens with zero attached hydrogens (tertiary/aromatic N) is 4. The average molecular weight is 462 g/mol. The number of amides is 2. The molecule has 2 amide bonds. The van der Waals surface area contributed by atoms with E-state index in [4.69, 9.17) is 9.72 Å². The highest BCUT2D eigenvalue weighted by atomic mass is 19.1. The van der Waals surface area contributed by atoms with Gasteiger partial charge in [-0.05, 0) is 63.1 Å². The number of pyridine rings is 2. The molecule has 0 radical (unpaired) electrons. The Labute approximate surface area is 198 Å². The molecule has 0 saturated carbocycles. The number of hydrogen-bond acceptors (Lipinski definition) is 5. The van der Waals surface area contributed by atoms with E-state index in [-0.39, 0.29) is 6.03 Å². The van der Waals surface area contributed by atoms with Crippen molar-refractivity contribution in [2.75, 3.05) is 34.8 Å². The van der Waals surface area contributed by atoms with Crippen molar-refractivity contribution in [2.24, 2.45) is 0 Å². The van der Waals surface area contributed by atoms with Crippen LogP contribution in [-0.4, -0.2) is 47.4 Å². The summed E-state index contributed by atoms with van der Waals surface area (Å²) in [6.45, 7) is 7.26. The summed E-state index contributed by atoms with van der Waals surface area (Å²) < 4.78 is 19.8. The minimum Gasteiger partial charge on any atom is -0.482 e. The lowest BCUT2D eigenvalue weighted by Gasteiger charge is -2.38. The molecular formula is C26H28FN5O2. The minimum atomic E-state index is -0.790.